The number of nitrogens with zero attached hydrogens (tertiary/aromatic N) is 2. The molecule has 0 atom stereocenters. The first-order valence-corrected chi connectivity index (χ1v) is 8.05. The number of esters is 1. The minimum Gasteiger partial charge on any atom is -0.454 e. The fourth-order valence-electron chi connectivity index (χ4n) is 2.64. The molecule has 1 heterocycles. The highest BCUT2D eigenvalue weighted by Crippen LogP contribution is 2.22. The highest BCUT2D eigenvalue weighted by molar-refractivity contribution is 6.01. The third-order valence-electron chi connectivity index (χ3n) is 3.93. The van der Waals surface area contributed by atoms with Crippen LogP contribution in [0.4, 0.5) is 19.0 Å². The quantitative estimate of drug-likeness (QED) is 0.535. The van der Waals surface area contributed by atoms with Crippen LogP contribution in [-0.4, -0.2) is 28.1 Å². The van der Waals surface area contributed by atoms with E-state index < -0.39 is 41.4 Å². The number of halogens is 3. The first-order chi connectivity index (χ1) is 13.3. The van der Waals surface area contributed by atoms with Gasteiger partial charge >= 0.3 is 5.97 Å². The third-order valence-corrected chi connectivity index (χ3v) is 3.93. The standard InChI is InChI=1S/C19H14F3N3O3/c1-10-16(18(23)25(24-10)12-5-2-4-11(20)8-12)19(27)28-9-15(26)17-13(21)6-3-7-14(17)22/h2-8H,9,23H2,1H3. The van der Waals surface area contributed by atoms with Gasteiger partial charge in [-0.1, -0.05) is 12.1 Å². The molecule has 0 aliphatic carbocycles. The van der Waals surface area contributed by atoms with Crippen molar-refractivity contribution in [2.75, 3.05) is 12.3 Å². The van der Waals surface area contributed by atoms with Gasteiger partial charge in [0.2, 0.25) is 5.78 Å². The molecule has 144 valence electrons. The lowest BCUT2D eigenvalue weighted by atomic mass is 10.1. The molecule has 2 N–H and O–H groups in total. The molecule has 0 amide bonds. The number of nitrogens with two attached hydrogens (primary N) is 1. The maximum atomic E-state index is 13.6. The fraction of sp³-hybridized carbons (Fsp3) is 0.105. The Morgan fingerprint density at radius 2 is 1.71 bits per heavy atom. The van der Waals surface area contributed by atoms with Crippen molar-refractivity contribution in [2.24, 2.45) is 0 Å². The summed E-state index contributed by atoms with van der Waals surface area (Å²) in [6.45, 7) is 0.585. The molecule has 0 bridgehead atoms. The number of carbonyl (C=O) groups excluding carboxylic acids is 2. The van der Waals surface area contributed by atoms with E-state index in [1.54, 1.807) is 0 Å². The molecule has 0 fully saturated rings. The van der Waals surface area contributed by atoms with Gasteiger partial charge in [-0.15, -0.1) is 0 Å². The molecule has 0 radical (unpaired) electrons. The van der Waals surface area contributed by atoms with Crippen LogP contribution in [0.15, 0.2) is 42.5 Å². The van der Waals surface area contributed by atoms with Crippen LogP contribution in [0.25, 0.3) is 5.69 Å². The van der Waals surface area contributed by atoms with Crippen LogP contribution in [0, 0.1) is 24.4 Å². The average Bonchev–Trinajstić information content (AvgIpc) is 2.94. The summed E-state index contributed by atoms with van der Waals surface area (Å²) in [6, 6.07) is 8.33. The number of Topliss-reactive ketones (excluding diaryl/α,β-unsaturated/α-hetero) is 1. The molecule has 6 nitrogen and oxygen atoms in total. The van der Waals surface area contributed by atoms with Crippen LogP contribution < -0.4 is 5.73 Å². The Morgan fingerprint density at radius 3 is 2.36 bits per heavy atom. The number of aromatic nitrogens is 2. The van der Waals surface area contributed by atoms with Gasteiger partial charge in [0.1, 0.15) is 28.8 Å². The van der Waals surface area contributed by atoms with E-state index in [9.17, 15) is 22.8 Å². The summed E-state index contributed by atoms with van der Waals surface area (Å²) >= 11 is 0. The molecule has 0 spiro atoms. The number of aryl methyl sites for hydroxylation is 1. The number of benzene rings is 2. The van der Waals surface area contributed by atoms with Gasteiger partial charge in [0.05, 0.1) is 16.9 Å². The topological polar surface area (TPSA) is 87.2 Å². The van der Waals surface area contributed by atoms with E-state index in [2.05, 4.69) is 5.10 Å². The predicted octanol–water partition coefficient (Wildman–Crippen LogP) is 3.22. The van der Waals surface area contributed by atoms with Gasteiger partial charge in [-0.3, -0.25) is 4.79 Å². The molecular formula is C19H14F3N3O3. The molecule has 1 aromatic heterocycles. The van der Waals surface area contributed by atoms with Crippen LogP contribution in [-0.2, 0) is 4.74 Å². The van der Waals surface area contributed by atoms with Crippen LogP contribution in [0.5, 0.6) is 0 Å². The van der Waals surface area contributed by atoms with Gasteiger partial charge in [0, 0.05) is 0 Å². The van der Waals surface area contributed by atoms with E-state index in [-0.39, 0.29) is 22.8 Å². The smallest absolute Gasteiger partial charge is 0.344 e. The molecule has 3 aromatic rings. The second-order valence-corrected chi connectivity index (χ2v) is 5.83. The lowest BCUT2D eigenvalue weighted by Gasteiger charge is -2.07. The molecule has 0 aliphatic heterocycles. The van der Waals surface area contributed by atoms with Crippen molar-refractivity contribution < 1.29 is 27.5 Å². The molecular weight excluding hydrogens is 375 g/mol. The maximum Gasteiger partial charge on any atom is 0.344 e. The maximum absolute atomic E-state index is 13.6. The second kappa shape index (κ2) is 7.55. The summed E-state index contributed by atoms with van der Waals surface area (Å²) in [4.78, 5) is 24.3. The van der Waals surface area contributed by atoms with Crippen LogP contribution in [0.3, 0.4) is 0 Å². The van der Waals surface area contributed by atoms with Crippen molar-refractivity contribution in [3.8, 4) is 5.69 Å². The first kappa shape index (κ1) is 19.2. The number of anilines is 1. The normalized spacial score (nSPS) is 10.7. The Hall–Kier alpha value is -3.62. The predicted molar refractivity (Wildman–Crippen MR) is 93.6 cm³/mol. The van der Waals surface area contributed by atoms with E-state index in [4.69, 9.17) is 10.5 Å². The summed E-state index contributed by atoms with van der Waals surface area (Å²) in [6.07, 6.45) is 0. The number of rotatable bonds is 5. The second-order valence-electron chi connectivity index (χ2n) is 5.83. The fourth-order valence-corrected chi connectivity index (χ4v) is 2.64. The highest BCUT2D eigenvalue weighted by Gasteiger charge is 2.24. The molecule has 9 heteroatoms. The van der Waals surface area contributed by atoms with Crippen molar-refractivity contribution >= 4 is 17.6 Å². The van der Waals surface area contributed by atoms with Crippen molar-refractivity contribution in [3.63, 3.8) is 0 Å². The van der Waals surface area contributed by atoms with E-state index in [1.165, 1.54) is 31.2 Å². The summed E-state index contributed by atoms with van der Waals surface area (Å²) < 4.78 is 46.7. The number of ether oxygens (including phenoxy) is 1. The lowest BCUT2D eigenvalue weighted by molar-refractivity contribution is 0.0472. The van der Waals surface area contributed by atoms with Gasteiger partial charge in [-0.2, -0.15) is 5.10 Å². The number of hydrogen-bond donors (Lipinski definition) is 1. The molecule has 0 saturated heterocycles. The Kier molecular flexibility index (Phi) is 5.16. The first-order valence-electron chi connectivity index (χ1n) is 8.05. The number of hydrogen-bond acceptors (Lipinski definition) is 5. The Bertz CT molecular complexity index is 1060. The number of carbonyl (C=O) groups is 2. The van der Waals surface area contributed by atoms with Gasteiger partial charge in [0.15, 0.2) is 6.61 Å². The SMILES string of the molecule is Cc1nn(-c2cccc(F)c2)c(N)c1C(=O)OCC(=O)c1c(F)cccc1F. The molecule has 0 unspecified atom stereocenters. The summed E-state index contributed by atoms with van der Waals surface area (Å²) in [5, 5.41) is 4.08. The minimum absolute atomic E-state index is 0.127. The Morgan fingerprint density at radius 1 is 1.07 bits per heavy atom. The van der Waals surface area contributed by atoms with Crippen molar-refractivity contribution in [2.45, 2.75) is 6.92 Å². The van der Waals surface area contributed by atoms with Gasteiger partial charge < -0.3 is 10.5 Å². The Balaban J connectivity index is 1.81. The molecule has 0 aliphatic rings. The van der Waals surface area contributed by atoms with E-state index in [1.807, 2.05) is 0 Å². The zero-order valence-corrected chi connectivity index (χ0v) is 14.6. The summed E-state index contributed by atoms with van der Waals surface area (Å²) in [7, 11) is 0. The third kappa shape index (κ3) is 3.59. The largest absolute Gasteiger partial charge is 0.454 e. The van der Waals surface area contributed by atoms with Crippen molar-refractivity contribution in [1.29, 1.82) is 0 Å². The molecule has 28 heavy (non-hydrogen) atoms. The zero-order valence-electron chi connectivity index (χ0n) is 14.6. The van der Waals surface area contributed by atoms with E-state index in [0.717, 1.165) is 22.9 Å². The monoisotopic (exact) mass is 389 g/mol. The highest BCUT2D eigenvalue weighted by atomic mass is 19.1. The van der Waals surface area contributed by atoms with E-state index >= 15 is 0 Å². The molecule has 2 aromatic carbocycles. The van der Waals surface area contributed by atoms with Gasteiger partial charge in [-0.25, -0.2) is 22.6 Å². The average molecular weight is 389 g/mol. The summed E-state index contributed by atoms with van der Waals surface area (Å²) in [5.41, 5.74) is 5.45. The van der Waals surface area contributed by atoms with Crippen molar-refractivity contribution in [3.05, 3.63) is 76.7 Å². The lowest BCUT2D eigenvalue weighted by Crippen LogP contribution is -2.18. The van der Waals surface area contributed by atoms with Gasteiger partial charge in [-0.05, 0) is 37.3 Å². The number of nitrogen functional groups attached to an aromatic ring is 1. The Labute approximate surface area is 157 Å². The minimum atomic E-state index is -1.06. The van der Waals surface area contributed by atoms with Crippen LogP contribution in [0.2, 0.25) is 0 Å². The van der Waals surface area contributed by atoms with E-state index in [0.29, 0.717) is 0 Å². The summed E-state index contributed by atoms with van der Waals surface area (Å²) in [5.74, 6) is -4.81. The van der Waals surface area contributed by atoms with Gasteiger partial charge in [0.25, 0.3) is 0 Å². The van der Waals surface area contributed by atoms with Crippen LogP contribution in [0.1, 0.15) is 26.4 Å². The number of ketones is 1. The van der Waals surface area contributed by atoms with Crippen LogP contribution >= 0.6 is 0 Å². The molecule has 0 saturated carbocycles. The van der Waals surface area contributed by atoms with Crippen molar-refractivity contribution in [1.82, 2.24) is 9.78 Å². The molecule has 3 rings (SSSR count). The zero-order chi connectivity index (χ0) is 20.4.